The number of carbonyl (C=O) groups excluding carboxylic acids is 2. The van der Waals surface area contributed by atoms with Gasteiger partial charge in [-0.2, -0.15) is 4.99 Å². The van der Waals surface area contributed by atoms with Crippen LogP contribution in [0.1, 0.15) is 17.0 Å². The van der Waals surface area contributed by atoms with Crippen LogP contribution in [0.3, 0.4) is 0 Å². The quantitative estimate of drug-likeness (QED) is 0.659. The molecule has 4 heterocycles. The number of rotatable bonds is 2. The van der Waals surface area contributed by atoms with Crippen LogP contribution < -0.4 is 9.47 Å². The molecule has 32 heavy (non-hydrogen) atoms. The van der Waals surface area contributed by atoms with Gasteiger partial charge in [-0.05, 0) is 42.0 Å². The van der Waals surface area contributed by atoms with E-state index in [4.69, 9.17) is 25.9 Å². The molecule has 4 aliphatic heterocycles. The van der Waals surface area contributed by atoms with Gasteiger partial charge in [0.15, 0.2) is 11.5 Å². The highest BCUT2D eigenvalue weighted by Gasteiger charge is 2.65. The molecule has 9 heteroatoms. The molecule has 2 aromatic rings. The van der Waals surface area contributed by atoms with Crippen molar-refractivity contribution in [1.82, 2.24) is 4.90 Å². The Labute approximate surface area is 187 Å². The first-order valence-electron chi connectivity index (χ1n) is 9.81. The van der Waals surface area contributed by atoms with Crippen LogP contribution in [0.15, 0.2) is 77.0 Å². The SMILES string of the molecule is O=C1N=C2C=CC=CN2C(=O)C12ON=C(c1cccc(Cl)c1)C2c1ccc2c(c1)OCO2. The molecular weight excluding hydrogens is 434 g/mol. The standard InChI is InChI=1S/C23H14ClN3O5/c24-15-5-3-4-14(10-15)20-19(13-7-8-16-17(11-13)31-12-30-16)23(32-26-20)21(28)25-18-6-1-2-9-27(18)22(23)29/h1-11,19H,12H2. The number of amides is 2. The molecule has 0 N–H and O–H groups in total. The van der Waals surface area contributed by atoms with E-state index in [1.807, 2.05) is 0 Å². The molecule has 8 nitrogen and oxygen atoms in total. The summed E-state index contributed by atoms with van der Waals surface area (Å²) in [5.41, 5.74) is -0.378. The van der Waals surface area contributed by atoms with E-state index in [0.29, 0.717) is 33.4 Å². The van der Waals surface area contributed by atoms with Crippen LogP contribution in [0, 0.1) is 0 Å². The third-order valence-electron chi connectivity index (χ3n) is 5.73. The third kappa shape index (κ3) is 2.56. The molecule has 4 aliphatic rings. The maximum absolute atomic E-state index is 13.7. The molecule has 2 unspecified atom stereocenters. The van der Waals surface area contributed by atoms with E-state index in [1.165, 1.54) is 4.90 Å². The lowest BCUT2D eigenvalue weighted by molar-refractivity contribution is -0.162. The molecule has 0 fully saturated rings. The van der Waals surface area contributed by atoms with Gasteiger partial charge in [0.05, 0.1) is 11.6 Å². The summed E-state index contributed by atoms with van der Waals surface area (Å²) in [7, 11) is 0. The van der Waals surface area contributed by atoms with Gasteiger partial charge in [0.2, 0.25) is 6.79 Å². The van der Waals surface area contributed by atoms with Crippen LogP contribution in [-0.4, -0.2) is 40.7 Å². The highest BCUT2D eigenvalue weighted by molar-refractivity contribution is 6.32. The minimum Gasteiger partial charge on any atom is -0.454 e. The first kappa shape index (κ1) is 18.8. The Balaban J connectivity index is 1.55. The summed E-state index contributed by atoms with van der Waals surface area (Å²) in [5, 5.41) is 4.71. The van der Waals surface area contributed by atoms with Gasteiger partial charge in [-0.25, -0.2) is 0 Å². The fourth-order valence-corrected chi connectivity index (χ4v) is 4.44. The average Bonchev–Trinajstić information content (AvgIpc) is 3.43. The largest absolute Gasteiger partial charge is 0.454 e. The van der Waals surface area contributed by atoms with Crippen molar-refractivity contribution >= 4 is 35.0 Å². The molecule has 2 amide bonds. The Hall–Kier alpha value is -3.91. The minimum absolute atomic E-state index is 0.0940. The van der Waals surface area contributed by atoms with Crippen LogP contribution >= 0.6 is 11.6 Å². The third-order valence-corrected chi connectivity index (χ3v) is 5.96. The fourth-order valence-electron chi connectivity index (χ4n) is 4.25. The lowest BCUT2D eigenvalue weighted by atomic mass is 9.75. The second-order valence-electron chi connectivity index (χ2n) is 7.51. The van der Waals surface area contributed by atoms with Crippen LogP contribution in [-0.2, 0) is 14.4 Å². The number of hydrogen-bond donors (Lipinski definition) is 0. The van der Waals surface area contributed by atoms with Crippen molar-refractivity contribution in [3.63, 3.8) is 0 Å². The lowest BCUT2D eigenvalue weighted by Gasteiger charge is -2.36. The lowest BCUT2D eigenvalue weighted by Crippen LogP contribution is -2.61. The van der Waals surface area contributed by atoms with Gasteiger partial charge in [0, 0.05) is 16.8 Å². The predicted octanol–water partition coefficient (Wildman–Crippen LogP) is 3.18. The van der Waals surface area contributed by atoms with E-state index in [1.54, 1.807) is 66.9 Å². The number of carbonyl (C=O) groups is 2. The van der Waals surface area contributed by atoms with Crippen LogP contribution in [0.4, 0.5) is 0 Å². The van der Waals surface area contributed by atoms with Crippen molar-refractivity contribution in [2.75, 3.05) is 6.79 Å². The number of amidine groups is 1. The number of nitrogens with zero attached hydrogens (tertiary/aromatic N) is 3. The van der Waals surface area contributed by atoms with Gasteiger partial charge < -0.3 is 14.3 Å². The summed E-state index contributed by atoms with van der Waals surface area (Å²) in [5.74, 6) is -0.865. The number of allylic oxidation sites excluding steroid dienone is 2. The zero-order valence-electron chi connectivity index (χ0n) is 16.4. The van der Waals surface area contributed by atoms with E-state index >= 15 is 0 Å². The van der Waals surface area contributed by atoms with Crippen LogP contribution in [0.5, 0.6) is 11.5 Å². The van der Waals surface area contributed by atoms with Crippen molar-refractivity contribution < 1.29 is 23.9 Å². The van der Waals surface area contributed by atoms with E-state index in [0.717, 1.165) is 0 Å². The predicted molar refractivity (Wildman–Crippen MR) is 115 cm³/mol. The zero-order valence-corrected chi connectivity index (χ0v) is 17.2. The number of halogens is 1. The van der Waals surface area contributed by atoms with Crippen molar-refractivity contribution in [2.45, 2.75) is 11.5 Å². The van der Waals surface area contributed by atoms with Crippen molar-refractivity contribution in [3.05, 3.63) is 83.0 Å². The number of benzene rings is 2. The summed E-state index contributed by atoms with van der Waals surface area (Å²) >= 11 is 6.21. The van der Waals surface area contributed by atoms with Crippen molar-refractivity contribution in [3.8, 4) is 11.5 Å². The molecule has 0 radical (unpaired) electrons. The van der Waals surface area contributed by atoms with E-state index in [2.05, 4.69) is 10.1 Å². The topological polar surface area (TPSA) is 89.8 Å². The molecule has 0 bridgehead atoms. The molecule has 1 spiro atoms. The van der Waals surface area contributed by atoms with Crippen LogP contribution in [0.25, 0.3) is 0 Å². The molecule has 2 atom stereocenters. The van der Waals surface area contributed by atoms with E-state index in [-0.39, 0.29) is 12.6 Å². The Morgan fingerprint density at radius 3 is 2.81 bits per heavy atom. The van der Waals surface area contributed by atoms with Gasteiger partial charge in [-0.1, -0.05) is 41.0 Å². The maximum atomic E-state index is 13.7. The second kappa shape index (κ2) is 6.80. The normalized spacial score (nSPS) is 25.0. The van der Waals surface area contributed by atoms with Gasteiger partial charge in [-0.15, -0.1) is 0 Å². The first-order valence-corrected chi connectivity index (χ1v) is 10.2. The Bertz CT molecular complexity index is 1310. The minimum atomic E-state index is -2.00. The van der Waals surface area contributed by atoms with Gasteiger partial charge >= 0.3 is 11.5 Å². The number of fused-ring (bicyclic) bond motifs is 2. The summed E-state index contributed by atoms with van der Waals surface area (Å²) in [6.45, 7) is 0.0940. The van der Waals surface area contributed by atoms with E-state index in [9.17, 15) is 9.59 Å². The second-order valence-corrected chi connectivity index (χ2v) is 7.95. The fraction of sp³-hybridized carbons (Fsp3) is 0.130. The number of aliphatic imine (C=N–C) groups is 1. The summed E-state index contributed by atoms with van der Waals surface area (Å²) in [6.07, 6.45) is 6.52. The van der Waals surface area contributed by atoms with Crippen LogP contribution in [0.2, 0.25) is 5.02 Å². The zero-order chi connectivity index (χ0) is 21.9. The molecule has 0 aliphatic carbocycles. The molecule has 158 valence electrons. The first-order chi connectivity index (χ1) is 15.6. The van der Waals surface area contributed by atoms with Gasteiger partial charge in [0.25, 0.3) is 5.91 Å². The smallest absolute Gasteiger partial charge is 0.307 e. The van der Waals surface area contributed by atoms with E-state index < -0.39 is 23.3 Å². The highest BCUT2D eigenvalue weighted by atomic mass is 35.5. The Morgan fingerprint density at radius 1 is 1.06 bits per heavy atom. The number of oxime groups is 1. The average molecular weight is 448 g/mol. The maximum Gasteiger partial charge on any atom is 0.307 e. The van der Waals surface area contributed by atoms with Gasteiger partial charge in [-0.3, -0.25) is 14.5 Å². The number of ether oxygens (including phenoxy) is 2. The van der Waals surface area contributed by atoms with Gasteiger partial charge in [0.1, 0.15) is 5.84 Å². The molecule has 0 saturated carbocycles. The molecule has 0 saturated heterocycles. The molecule has 6 rings (SSSR count). The monoisotopic (exact) mass is 447 g/mol. The summed E-state index contributed by atoms with van der Waals surface area (Å²) in [6, 6.07) is 12.2. The van der Waals surface area contributed by atoms with Crippen molar-refractivity contribution in [2.24, 2.45) is 10.1 Å². The molecule has 0 aromatic heterocycles. The van der Waals surface area contributed by atoms with Crippen molar-refractivity contribution in [1.29, 1.82) is 0 Å². The highest BCUT2D eigenvalue weighted by Crippen LogP contribution is 2.46. The Kier molecular flexibility index (Phi) is 4.00. The number of hydrogen-bond acceptors (Lipinski definition) is 6. The Morgan fingerprint density at radius 2 is 1.94 bits per heavy atom. The molecule has 2 aromatic carbocycles. The summed E-state index contributed by atoms with van der Waals surface area (Å²) < 4.78 is 10.9. The summed E-state index contributed by atoms with van der Waals surface area (Å²) in [4.78, 5) is 38.3. The molecular formula is C23H14ClN3O5.